The summed E-state index contributed by atoms with van der Waals surface area (Å²) in [7, 11) is 1.63. The molecule has 0 unspecified atom stereocenters. The van der Waals surface area contributed by atoms with E-state index in [0.29, 0.717) is 38.5 Å². The van der Waals surface area contributed by atoms with Crippen molar-refractivity contribution in [1.29, 1.82) is 0 Å². The maximum Gasteiger partial charge on any atom is 0.321 e. The number of carbonyl (C=O) groups is 2. The number of aryl methyl sites for hydroxylation is 1. The van der Waals surface area contributed by atoms with E-state index in [0.717, 1.165) is 18.5 Å². The summed E-state index contributed by atoms with van der Waals surface area (Å²) in [5.74, 6) is 0. The van der Waals surface area contributed by atoms with Crippen LogP contribution in [0.15, 0.2) is 54.6 Å². The van der Waals surface area contributed by atoms with Crippen LogP contribution in [0.4, 0.5) is 21.0 Å². The molecular formula is C22H28N4O3. The van der Waals surface area contributed by atoms with Crippen molar-refractivity contribution in [3.8, 4) is 0 Å². The van der Waals surface area contributed by atoms with Crippen LogP contribution >= 0.6 is 0 Å². The molecule has 1 aliphatic rings. The molecule has 29 heavy (non-hydrogen) atoms. The number of amides is 4. The van der Waals surface area contributed by atoms with E-state index in [4.69, 9.17) is 4.74 Å². The van der Waals surface area contributed by atoms with Gasteiger partial charge >= 0.3 is 12.1 Å². The normalized spacial score (nSPS) is 13.3. The summed E-state index contributed by atoms with van der Waals surface area (Å²) < 4.78 is 5.16. The molecule has 2 N–H and O–H groups in total. The predicted molar refractivity (Wildman–Crippen MR) is 114 cm³/mol. The van der Waals surface area contributed by atoms with E-state index in [1.807, 2.05) is 42.5 Å². The van der Waals surface area contributed by atoms with Gasteiger partial charge in [-0.15, -0.1) is 0 Å². The van der Waals surface area contributed by atoms with Crippen molar-refractivity contribution in [2.75, 3.05) is 50.1 Å². The molecule has 0 aromatic heterocycles. The average Bonchev–Trinajstić information content (AvgIpc) is 3.17. The van der Waals surface area contributed by atoms with Crippen molar-refractivity contribution < 1.29 is 14.3 Å². The quantitative estimate of drug-likeness (QED) is 0.683. The molecule has 0 saturated carbocycles. The Labute approximate surface area is 171 Å². The van der Waals surface area contributed by atoms with E-state index < -0.39 is 0 Å². The number of carbonyl (C=O) groups excluding carboxylic acids is 2. The summed E-state index contributed by atoms with van der Waals surface area (Å²) in [5, 5.41) is 5.74. The molecule has 0 aliphatic carbocycles. The first kappa shape index (κ1) is 20.7. The molecule has 2 aromatic rings. The van der Waals surface area contributed by atoms with Gasteiger partial charge in [0.25, 0.3) is 0 Å². The zero-order valence-corrected chi connectivity index (χ0v) is 16.8. The molecule has 1 heterocycles. The molecule has 0 radical (unpaired) electrons. The summed E-state index contributed by atoms with van der Waals surface area (Å²) in [6.45, 7) is 2.88. The van der Waals surface area contributed by atoms with Crippen molar-refractivity contribution in [1.82, 2.24) is 10.2 Å². The molecule has 2 aromatic carbocycles. The van der Waals surface area contributed by atoms with Crippen LogP contribution in [-0.4, -0.2) is 56.9 Å². The van der Waals surface area contributed by atoms with Gasteiger partial charge in [-0.3, -0.25) is 4.90 Å². The molecule has 3 rings (SSSR count). The Morgan fingerprint density at radius 3 is 2.72 bits per heavy atom. The van der Waals surface area contributed by atoms with Gasteiger partial charge in [-0.1, -0.05) is 36.4 Å². The first-order valence-corrected chi connectivity index (χ1v) is 9.91. The van der Waals surface area contributed by atoms with Crippen LogP contribution in [0, 0.1) is 0 Å². The minimum absolute atomic E-state index is 0.115. The molecule has 1 aliphatic heterocycles. The Morgan fingerprint density at radius 1 is 1.17 bits per heavy atom. The first-order valence-electron chi connectivity index (χ1n) is 9.91. The van der Waals surface area contributed by atoms with E-state index in [-0.39, 0.29) is 12.1 Å². The lowest BCUT2D eigenvalue weighted by atomic mass is 10.1. The summed E-state index contributed by atoms with van der Waals surface area (Å²) >= 11 is 0. The van der Waals surface area contributed by atoms with Gasteiger partial charge in [-0.2, -0.15) is 0 Å². The van der Waals surface area contributed by atoms with Gasteiger partial charge in [-0.25, -0.2) is 9.59 Å². The Morgan fingerprint density at radius 2 is 2.00 bits per heavy atom. The minimum atomic E-state index is -0.168. The third kappa shape index (κ3) is 5.96. The number of rotatable bonds is 9. The molecule has 154 valence electrons. The second kappa shape index (κ2) is 10.5. The Kier molecular flexibility index (Phi) is 7.47. The monoisotopic (exact) mass is 396 g/mol. The molecular weight excluding hydrogens is 368 g/mol. The SMILES string of the molecule is COCCN(CCCc1ccccc1)C(=O)Nc1cccc(N2CCNC2=O)c1. The molecule has 1 saturated heterocycles. The van der Waals surface area contributed by atoms with Gasteiger partial charge < -0.3 is 20.3 Å². The average molecular weight is 396 g/mol. The standard InChI is InChI=1S/C22H28N4O3/c1-29-16-15-25(13-6-9-18-7-3-2-4-8-18)22(28)24-19-10-5-11-20(17-19)26-14-12-23-21(26)27/h2-5,7-8,10-11,17H,6,9,12-16H2,1H3,(H,23,27)(H,24,28). The number of nitrogens with one attached hydrogen (secondary N) is 2. The third-order valence-corrected chi connectivity index (χ3v) is 4.85. The van der Waals surface area contributed by atoms with Gasteiger partial charge in [0.05, 0.1) is 6.61 Å². The highest BCUT2D eigenvalue weighted by molar-refractivity contribution is 5.95. The first-order chi connectivity index (χ1) is 14.2. The molecule has 0 atom stereocenters. The Hall–Kier alpha value is -3.06. The maximum absolute atomic E-state index is 12.8. The van der Waals surface area contributed by atoms with Gasteiger partial charge in [0, 0.05) is 44.7 Å². The fourth-order valence-electron chi connectivity index (χ4n) is 3.31. The van der Waals surface area contributed by atoms with E-state index in [1.165, 1.54) is 5.56 Å². The molecule has 0 spiro atoms. The summed E-state index contributed by atoms with van der Waals surface area (Å²) in [4.78, 5) is 28.1. The fraction of sp³-hybridized carbons (Fsp3) is 0.364. The van der Waals surface area contributed by atoms with Crippen molar-refractivity contribution >= 4 is 23.4 Å². The van der Waals surface area contributed by atoms with Crippen LogP contribution in [-0.2, 0) is 11.2 Å². The fourth-order valence-corrected chi connectivity index (χ4v) is 3.31. The van der Waals surface area contributed by atoms with Crippen LogP contribution in [0.2, 0.25) is 0 Å². The Bertz CT molecular complexity index is 813. The second-order valence-electron chi connectivity index (χ2n) is 6.93. The molecule has 1 fully saturated rings. The lowest BCUT2D eigenvalue weighted by molar-refractivity contribution is 0.155. The lowest BCUT2D eigenvalue weighted by Gasteiger charge is -2.23. The largest absolute Gasteiger partial charge is 0.383 e. The topological polar surface area (TPSA) is 73.9 Å². The van der Waals surface area contributed by atoms with Crippen molar-refractivity contribution in [3.63, 3.8) is 0 Å². The van der Waals surface area contributed by atoms with Crippen molar-refractivity contribution in [2.45, 2.75) is 12.8 Å². The zero-order chi connectivity index (χ0) is 20.5. The lowest BCUT2D eigenvalue weighted by Crippen LogP contribution is -2.38. The Balaban J connectivity index is 1.59. The highest BCUT2D eigenvalue weighted by Crippen LogP contribution is 2.21. The number of benzene rings is 2. The van der Waals surface area contributed by atoms with Gasteiger partial charge in [0.2, 0.25) is 0 Å². The van der Waals surface area contributed by atoms with Crippen molar-refractivity contribution in [3.05, 3.63) is 60.2 Å². The van der Waals surface area contributed by atoms with E-state index in [2.05, 4.69) is 22.8 Å². The van der Waals surface area contributed by atoms with Gasteiger partial charge in [0.1, 0.15) is 0 Å². The smallest absolute Gasteiger partial charge is 0.321 e. The van der Waals surface area contributed by atoms with Crippen LogP contribution in [0.5, 0.6) is 0 Å². The van der Waals surface area contributed by atoms with Crippen LogP contribution in [0.1, 0.15) is 12.0 Å². The van der Waals surface area contributed by atoms with Gasteiger partial charge in [0.15, 0.2) is 0 Å². The van der Waals surface area contributed by atoms with Crippen LogP contribution < -0.4 is 15.5 Å². The number of anilines is 2. The van der Waals surface area contributed by atoms with Gasteiger partial charge in [-0.05, 0) is 36.6 Å². The minimum Gasteiger partial charge on any atom is -0.383 e. The van der Waals surface area contributed by atoms with Crippen LogP contribution in [0.25, 0.3) is 0 Å². The highest BCUT2D eigenvalue weighted by atomic mass is 16.5. The van der Waals surface area contributed by atoms with E-state index >= 15 is 0 Å². The maximum atomic E-state index is 12.8. The number of methoxy groups -OCH3 is 1. The third-order valence-electron chi connectivity index (χ3n) is 4.85. The number of hydrogen-bond acceptors (Lipinski definition) is 3. The predicted octanol–water partition coefficient (Wildman–Crippen LogP) is 3.33. The molecule has 4 amide bonds. The summed E-state index contributed by atoms with van der Waals surface area (Å²) in [5.41, 5.74) is 2.69. The number of urea groups is 2. The zero-order valence-electron chi connectivity index (χ0n) is 16.8. The highest BCUT2D eigenvalue weighted by Gasteiger charge is 2.21. The summed E-state index contributed by atoms with van der Waals surface area (Å²) in [6.07, 6.45) is 1.78. The number of ether oxygens (including phenoxy) is 1. The van der Waals surface area contributed by atoms with E-state index in [9.17, 15) is 9.59 Å². The van der Waals surface area contributed by atoms with E-state index in [1.54, 1.807) is 16.9 Å². The molecule has 7 heteroatoms. The number of hydrogen-bond donors (Lipinski definition) is 2. The van der Waals surface area contributed by atoms with Crippen molar-refractivity contribution in [2.24, 2.45) is 0 Å². The number of nitrogens with zero attached hydrogens (tertiary/aromatic N) is 2. The summed E-state index contributed by atoms with van der Waals surface area (Å²) in [6, 6.07) is 17.3. The molecule has 0 bridgehead atoms. The molecule has 7 nitrogen and oxygen atoms in total. The second-order valence-corrected chi connectivity index (χ2v) is 6.93. The van der Waals surface area contributed by atoms with Crippen LogP contribution in [0.3, 0.4) is 0 Å².